The minimum absolute atomic E-state index is 0.631. The second-order valence-corrected chi connectivity index (χ2v) is 5.04. The van der Waals surface area contributed by atoms with Crippen LogP contribution in [0.3, 0.4) is 0 Å². The third-order valence-corrected chi connectivity index (χ3v) is 3.14. The Hall–Kier alpha value is -2.88. The van der Waals surface area contributed by atoms with Crippen molar-refractivity contribution in [1.29, 1.82) is 0 Å². The fraction of sp³-hybridized carbons (Fsp3) is 0.200. The first-order valence-electron chi connectivity index (χ1n) is 7.91. The summed E-state index contributed by atoms with van der Waals surface area (Å²) in [6, 6.07) is 15.0. The van der Waals surface area contributed by atoms with Crippen LogP contribution < -0.4 is 9.47 Å². The third-order valence-electron chi connectivity index (χ3n) is 3.14. The first-order chi connectivity index (χ1) is 11.8. The van der Waals surface area contributed by atoms with Crippen molar-refractivity contribution in [1.82, 2.24) is 0 Å². The van der Waals surface area contributed by atoms with Gasteiger partial charge >= 0.3 is 0 Å². The van der Waals surface area contributed by atoms with Crippen molar-refractivity contribution in [2.24, 2.45) is 10.2 Å². The molecular formula is C20H22N2O2. The minimum Gasteiger partial charge on any atom is -0.493 e. The van der Waals surface area contributed by atoms with Gasteiger partial charge in [0.2, 0.25) is 0 Å². The first-order valence-corrected chi connectivity index (χ1v) is 7.91. The Balaban J connectivity index is 1.88. The van der Waals surface area contributed by atoms with Gasteiger partial charge in [-0.1, -0.05) is 12.2 Å². The molecule has 0 aliphatic heterocycles. The maximum Gasteiger partial charge on any atom is 0.119 e. The molecule has 0 atom stereocenters. The SMILES string of the molecule is C=CCCOc1ccc(N=Nc2ccc(OCCC=C)cc2)cc1. The van der Waals surface area contributed by atoms with E-state index in [1.54, 1.807) is 0 Å². The van der Waals surface area contributed by atoms with E-state index < -0.39 is 0 Å². The molecule has 0 N–H and O–H groups in total. The molecule has 0 unspecified atom stereocenters. The second-order valence-electron chi connectivity index (χ2n) is 5.04. The van der Waals surface area contributed by atoms with Gasteiger partial charge in [-0.2, -0.15) is 10.2 Å². The Bertz CT molecular complexity index is 602. The van der Waals surface area contributed by atoms with Crippen LogP contribution in [0, 0.1) is 0 Å². The Morgan fingerprint density at radius 1 is 0.667 bits per heavy atom. The average molecular weight is 322 g/mol. The lowest BCUT2D eigenvalue weighted by Crippen LogP contribution is -1.94. The van der Waals surface area contributed by atoms with Crippen LogP contribution in [0.4, 0.5) is 11.4 Å². The van der Waals surface area contributed by atoms with Crippen molar-refractivity contribution in [3.63, 3.8) is 0 Å². The first kappa shape index (κ1) is 17.5. The molecule has 4 nitrogen and oxygen atoms in total. The zero-order valence-corrected chi connectivity index (χ0v) is 13.7. The number of hydrogen-bond acceptors (Lipinski definition) is 4. The van der Waals surface area contributed by atoms with Gasteiger partial charge in [0.1, 0.15) is 11.5 Å². The third kappa shape index (κ3) is 6.08. The summed E-state index contributed by atoms with van der Waals surface area (Å²) in [4.78, 5) is 0. The zero-order valence-electron chi connectivity index (χ0n) is 13.7. The Labute approximate surface area is 143 Å². The van der Waals surface area contributed by atoms with E-state index in [0.29, 0.717) is 13.2 Å². The predicted molar refractivity (Wildman–Crippen MR) is 97.7 cm³/mol. The number of azo groups is 1. The summed E-state index contributed by atoms with van der Waals surface area (Å²) >= 11 is 0. The standard InChI is InChI=1S/C20H22N2O2/c1-3-5-15-23-19-11-7-17(8-12-19)21-22-18-9-13-20(14-10-18)24-16-6-4-2/h3-4,7-14H,1-2,5-6,15-16H2. The molecule has 2 aromatic rings. The van der Waals surface area contributed by atoms with Crippen LogP contribution in [0.25, 0.3) is 0 Å². The van der Waals surface area contributed by atoms with Crippen molar-refractivity contribution < 1.29 is 9.47 Å². The molecular weight excluding hydrogens is 300 g/mol. The van der Waals surface area contributed by atoms with Gasteiger partial charge in [0.25, 0.3) is 0 Å². The summed E-state index contributed by atoms with van der Waals surface area (Å²) in [5.74, 6) is 1.63. The van der Waals surface area contributed by atoms with Crippen molar-refractivity contribution in [3.8, 4) is 11.5 Å². The molecule has 0 saturated heterocycles. The van der Waals surface area contributed by atoms with Crippen LogP contribution in [0.2, 0.25) is 0 Å². The van der Waals surface area contributed by atoms with Gasteiger partial charge in [-0.15, -0.1) is 13.2 Å². The molecule has 0 aliphatic rings. The molecule has 0 heterocycles. The highest BCUT2D eigenvalue weighted by Crippen LogP contribution is 2.23. The van der Waals surface area contributed by atoms with Gasteiger partial charge in [0.05, 0.1) is 24.6 Å². The fourth-order valence-electron chi connectivity index (χ4n) is 1.85. The lowest BCUT2D eigenvalue weighted by Gasteiger charge is -2.04. The maximum absolute atomic E-state index is 5.55. The van der Waals surface area contributed by atoms with Crippen LogP contribution in [-0.2, 0) is 0 Å². The monoisotopic (exact) mass is 322 g/mol. The molecule has 2 rings (SSSR count). The number of benzene rings is 2. The van der Waals surface area contributed by atoms with E-state index in [1.807, 2.05) is 60.7 Å². The minimum atomic E-state index is 0.631. The lowest BCUT2D eigenvalue weighted by molar-refractivity contribution is 0.325. The van der Waals surface area contributed by atoms with Crippen LogP contribution in [-0.4, -0.2) is 13.2 Å². The quantitative estimate of drug-likeness (QED) is 0.305. The van der Waals surface area contributed by atoms with Crippen molar-refractivity contribution in [2.45, 2.75) is 12.8 Å². The average Bonchev–Trinajstić information content (AvgIpc) is 2.63. The molecule has 4 heteroatoms. The maximum atomic E-state index is 5.55. The van der Waals surface area contributed by atoms with Gasteiger partial charge < -0.3 is 9.47 Å². The summed E-state index contributed by atoms with van der Waals surface area (Å²) in [6.07, 6.45) is 5.32. The number of nitrogens with zero attached hydrogens (tertiary/aromatic N) is 2. The highest BCUT2D eigenvalue weighted by Gasteiger charge is 1.96. The number of rotatable bonds is 10. The highest BCUT2D eigenvalue weighted by atomic mass is 16.5. The predicted octanol–water partition coefficient (Wildman–Crippen LogP) is 6.01. The summed E-state index contributed by atoms with van der Waals surface area (Å²) in [7, 11) is 0. The molecule has 2 aromatic carbocycles. The van der Waals surface area contributed by atoms with Crippen molar-refractivity contribution >= 4 is 11.4 Å². The smallest absolute Gasteiger partial charge is 0.119 e. The van der Waals surface area contributed by atoms with Crippen molar-refractivity contribution in [3.05, 3.63) is 73.8 Å². The van der Waals surface area contributed by atoms with E-state index in [0.717, 1.165) is 35.7 Å². The summed E-state index contributed by atoms with van der Waals surface area (Å²) in [6.45, 7) is 8.59. The molecule has 0 amide bonds. The van der Waals surface area contributed by atoms with E-state index in [-0.39, 0.29) is 0 Å². The number of ether oxygens (including phenoxy) is 2. The topological polar surface area (TPSA) is 43.2 Å². The van der Waals surface area contributed by atoms with Crippen LogP contribution in [0.15, 0.2) is 84.1 Å². The number of hydrogen-bond donors (Lipinski definition) is 0. The van der Waals surface area contributed by atoms with Crippen LogP contribution in [0.1, 0.15) is 12.8 Å². The normalized spacial score (nSPS) is 10.5. The van der Waals surface area contributed by atoms with Crippen LogP contribution >= 0.6 is 0 Å². The molecule has 0 fully saturated rings. The largest absolute Gasteiger partial charge is 0.493 e. The summed E-state index contributed by atoms with van der Waals surface area (Å²) in [5.41, 5.74) is 1.55. The molecule has 0 aliphatic carbocycles. The summed E-state index contributed by atoms with van der Waals surface area (Å²) in [5, 5.41) is 8.44. The molecule has 24 heavy (non-hydrogen) atoms. The van der Waals surface area contributed by atoms with Gasteiger partial charge in [0.15, 0.2) is 0 Å². The van der Waals surface area contributed by atoms with E-state index in [4.69, 9.17) is 9.47 Å². The summed E-state index contributed by atoms with van der Waals surface area (Å²) < 4.78 is 11.1. The molecule has 0 aromatic heterocycles. The van der Waals surface area contributed by atoms with Gasteiger partial charge in [-0.25, -0.2) is 0 Å². The van der Waals surface area contributed by atoms with Gasteiger partial charge in [-0.3, -0.25) is 0 Å². The molecule has 0 radical (unpaired) electrons. The van der Waals surface area contributed by atoms with Crippen LogP contribution in [0.5, 0.6) is 11.5 Å². The molecule has 0 spiro atoms. The van der Waals surface area contributed by atoms with E-state index in [2.05, 4.69) is 23.4 Å². The molecule has 0 saturated carbocycles. The zero-order chi connectivity index (χ0) is 17.0. The Kier molecular flexibility index (Phi) is 7.28. The Morgan fingerprint density at radius 2 is 1.04 bits per heavy atom. The Morgan fingerprint density at radius 3 is 1.38 bits per heavy atom. The second kappa shape index (κ2) is 10.0. The van der Waals surface area contributed by atoms with E-state index >= 15 is 0 Å². The lowest BCUT2D eigenvalue weighted by atomic mass is 10.3. The van der Waals surface area contributed by atoms with E-state index in [9.17, 15) is 0 Å². The van der Waals surface area contributed by atoms with Gasteiger partial charge in [0, 0.05) is 0 Å². The fourth-order valence-corrected chi connectivity index (χ4v) is 1.85. The van der Waals surface area contributed by atoms with Gasteiger partial charge in [-0.05, 0) is 61.4 Å². The van der Waals surface area contributed by atoms with Crippen molar-refractivity contribution in [2.75, 3.05) is 13.2 Å². The highest BCUT2D eigenvalue weighted by molar-refractivity contribution is 5.44. The van der Waals surface area contributed by atoms with E-state index in [1.165, 1.54) is 0 Å². The molecule has 0 bridgehead atoms. The molecule has 124 valence electrons.